The van der Waals surface area contributed by atoms with Crippen molar-refractivity contribution in [2.24, 2.45) is 5.73 Å². The number of aromatic amines is 1. The second-order valence-corrected chi connectivity index (χ2v) is 6.49. The number of halogens is 2. The van der Waals surface area contributed by atoms with Gasteiger partial charge < -0.3 is 15.5 Å². The number of hydrogen-bond donors (Lipinski definition) is 2. The third-order valence-electron chi connectivity index (χ3n) is 3.82. The lowest BCUT2D eigenvalue weighted by Gasteiger charge is -2.14. The van der Waals surface area contributed by atoms with Gasteiger partial charge in [0.1, 0.15) is 11.5 Å². The number of hydrogen-bond acceptors (Lipinski definition) is 3. The molecule has 1 atom stereocenters. The molecule has 25 heavy (non-hydrogen) atoms. The van der Waals surface area contributed by atoms with Crippen molar-refractivity contribution in [3.05, 3.63) is 69.6 Å². The maximum absolute atomic E-state index is 13.9. The van der Waals surface area contributed by atoms with Gasteiger partial charge in [-0.25, -0.2) is 9.18 Å². The number of rotatable bonds is 4. The first kappa shape index (κ1) is 17.2. The minimum absolute atomic E-state index is 0.0458. The summed E-state index contributed by atoms with van der Waals surface area (Å²) in [5.74, 6) is -2.07. The molecule has 0 aliphatic carbocycles. The molecule has 0 fully saturated rings. The van der Waals surface area contributed by atoms with Crippen LogP contribution >= 0.6 is 15.9 Å². The summed E-state index contributed by atoms with van der Waals surface area (Å²) in [6.45, 7) is 1.80. The van der Waals surface area contributed by atoms with E-state index in [2.05, 4.69) is 20.9 Å². The van der Waals surface area contributed by atoms with Crippen LogP contribution in [-0.4, -0.2) is 16.9 Å². The van der Waals surface area contributed by atoms with Crippen molar-refractivity contribution in [1.29, 1.82) is 0 Å². The predicted octanol–water partition coefficient (Wildman–Crippen LogP) is 3.76. The zero-order valence-electron chi connectivity index (χ0n) is 13.2. The van der Waals surface area contributed by atoms with Crippen molar-refractivity contribution < 1.29 is 18.7 Å². The Labute approximate surface area is 151 Å². The summed E-state index contributed by atoms with van der Waals surface area (Å²) in [4.78, 5) is 26.8. The number of nitrogens with one attached hydrogen (secondary N) is 1. The minimum Gasteiger partial charge on any atom is -0.443 e. The first-order valence-corrected chi connectivity index (χ1v) is 8.19. The fourth-order valence-corrected chi connectivity index (χ4v) is 2.98. The zero-order valence-corrected chi connectivity index (χ0v) is 14.8. The van der Waals surface area contributed by atoms with Crippen LogP contribution in [0.25, 0.3) is 10.9 Å². The maximum Gasteiger partial charge on any atom is 0.355 e. The van der Waals surface area contributed by atoms with Gasteiger partial charge in [-0.15, -0.1) is 0 Å². The van der Waals surface area contributed by atoms with E-state index in [0.29, 0.717) is 10.9 Å². The van der Waals surface area contributed by atoms with Gasteiger partial charge in [-0.05, 0) is 36.8 Å². The second-order valence-electron chi connectivity index (χ2n) is 5.58. The number of fused-ring (bicyclic) bond motifs is 1. The molecule has 3 aromatic rings. The summed E-state index contributed by atoms with van der Waals surface area (Å²) in [7, 11) is 0. The van der Waals surface area contributed by atoms with Crippen molar-refractivity contribution in [2.75, 3.05) is 0 Å². The van der Waals surface area contributed by atoms with Crippen LogP contribution < -0.4 is 5.73 Å². The van der Waals surface area contributed by atoms with E-state index >= 15 is 0 Å². The summed E-state index contributed by atoms with van der Waals surface area (Å²) < 4.78 is 19.9. The van der Waals surface area contributed by atoms with E-state index in [1.807, 2.05) is 0 Å². The number of benzene rings is 2. The fraction of sp³-hybridized carbons (Fsp3) is 0.111. The third kappa shape index (κ3) is 3.41. The van der Waals surface area contributed by atoms with Crippen molar-refractivity contribution in [2.45, 2.75) is 13.0 Å². The van der Waals surface area contributed by atoms with Crippen molar-refractivity contribution >= 4 is 38.7 Å². The molecule has 128 valence electrons. The number of esters is 1. The Kier molecular flexibility index (Phi) is 4.59. The standard InChI is InChI=1S/C18H14BrFN2O3/c1-9-5-6-13(20)15-12(9)8-14(22-15)18(24)25-16(17(21)23)10-3-2-4-11(19)7-10/h2-8,16,22H,1H3,(H2,21,23). The highest BCUT2D eigenvalue weighted by Gasteiger charge is 2.25. The number of ether oxygens (including phenoxy) is 1. The normalized spacial score (nSPS) is 12.1. The molecule has 1 aromatic heterocycles. The molecule has 1 heterocycles. The zero-order chi connectivity index (χ0) is 18.1. The summed E-state index contributed by atoms with van der Waals surface area (Å²) in [6, 6.07) is 11.2. The highest BCUT2D eigenvalue weighted by atomic mass is 79.9. The molecule has 0 aliphatic heterocycles. The van der Waals surface area contributed by atoms with Crippen molar-refractivity contribution in [1.82, 2.24) is 4.98 Å². The molecule has 3 N–H and O–H groups in total. The average molecular weight is 405 g/mol. The molecule has 0 saturated heterocycles. The van der Waals surface area contributed by atoms with Crippen LogP contribution in [0.3, 0.4) is 0 Å². The number of carbonyl (C=O) groups is 2. The molecular weight excluding hydrogens is 391 g/mol. The number of primary amides is 1. The second kappa shape index (κ2) is 6.68. The first-order chi connectivity index (χ1) is 11.9. The van der Waals surface area contributed by atoms with Gasteiger partial charge in [0.2, 0.25) is 6.10 Å². The molecule has 0 radical (unpaired) electrons. The largest absolute Gasteiger partial charge is 0.443 e. The Morgan fingerprint density at radius 1 is 1.24 bits per heavy atom. The Morgan fingerprint density at radius 2 is 2.00 bits per heavy atom. The van der Waals surface area contributed by atoms with E-state index in [0.717, 1.165) is 10.0 Å². The van der Waals surface area contributed by atoms with Crippen LogP contribution in [0.4, 0.5) is 4.39 Å². The quantitative estimate of drug-likeness (QED) is 0.649. The van der Waals surface area contributed by atoms with Gasteiger partial charge >= 0.3 is 5.97 Å². The molecule has 5 nitrogen and oxygen atoms in total. The van der Waals surface area contributed by atoms with Gasteiger partial charge in [0, 0.05) is 15.4 Å². The molecular formula is C18H14BrFN2O3. The minimum atomic E-state index is -1.25. The average Bonchev–Trinajstić information content (AvgIpc) is 3.02. The van der Waals surface area contributed by atoms with E-state index in [-0.39, 0.29) is 11.2 Å². The summed E-state index contributed by atoms with van der Waals surface area (Å²) in [6.07, 6.45) is -1.25. The van der Waals surface area contributed by atoms with Gasteiger partial charge in [-0.3, -0.25) is 4.79 Å². The smallest absolute Gasteiger partial charge is 0.355 e. The third-order valence-corrected chi connectivity index (χ3v) is 4.31. The summed E-state index contributed by atoms with van der Waals surface area (Å²) in [5, 5.41) is 0.574. The number of aryl methyl sites for hydroxylation is 1. The van der Waals surface area contributed by atoms with E-state index in [1.54, 1.807) is 37.3 Å². The molecule has 1 amide bonds. The lowest BCUT2D eigenvalue weighted by Crippen LogP contribution is -2.26. The van der Waals surface area contributed by atoms with Gasteiger partial charge in [-0.1, -0.05) is 34.1 Å². The molecule has 1 unspecified atom stereocenters. The number of nitrogens with two attached hydrogens (primary N) is 1. The van der Waals surface area contributed by atoms with Crippen molar-refractivity contribution in [3.63, 3.8) is 0 Å². The highest BCUT2D eigenvalue weighted by molar-refractivity contribution is 9.10. The lowest BCUT2D eigenvalue weighted by molar-refractivity contribution is -0.127. The Hall–Kier alpha value is -2.67. The van der Waals surface area contributed by atoms with Gasteiger partial charge in [0.05, 0.1) is 5.52 Å². The molecule has 2 aromatic carbocycles. The number of amides is 1. The Balaban J connectivity index is 1.93. The van der Waals surface area contributed by atoms with E-state index in [1.165, 1.54) is 12.1 Å². The van der Waals surface area contributed by atoms with E-state index in [9.17, 15) is 14.0 Å². The van der Waals surface area contributed by atoms with Crippen LogP contribution in [0.15, 0.2) is 46.9 Å². The first-order valence-electron chi connectivity index (χ1n) is 7.40. The van der Waals surface area contributed by atoms with Gasteiger partial charge in [-0.2, -0.15) is 0 Å². The molecule has 0 saturated carbocycles. The Bertz CT molecular complexity index is 945. The summed E-state index contributed by atoms with van der Waals surface area (Å²) in [5.41, 5.74) is 6.87. The predicted molar refractivity (Wildman–Crippen MR) is 94.5 cm³/mol. The van der Waals surface area contributed by atoms with E-state index in [4.69, 9.17) is 10.5 Å². The number of H-pyrrole nitrogens is 1. The van der Waals surface area contributed by atoms with Gasteiger partial charge in [0.15, 0.2) is 0 Å². The monoisotopic (exact) mass is 404 g/mol. The highest BCUT2D eigenvalue weighted by Crippen LogP contribution is 2.25. The SMILES string of the molecule is Cc1ccc(F)c2[nH]c(C(=O)OC(C(N)=O)c3cccc(Br)c3)cc12. The maximum atomic E-state index is 13.9. The van der Waals surface area contributed by atoms with Crippen LogP contribution in [0.5, 0.6) is 0 Å². The number of aromatic nitrogens is 1. The van der Waals surface area contributed by atoms with Crippen LogP contribution in [0.1, 0.15) is 27.7 Å². The van der Waals surface area contributed by atoms with Crippen LogP contribution in [-0.2, 0) is 9.53 Å². The summed E-state index contributed by atoms with van der Waals surface area (Å²) >= 11 is 3.29. The molecule has 0 bridgehead atoms. The van der Waals surface area contributed by atoms with E-state index < -0.39 is 23.8 Å². The lowest BCUT2D eigenvalue weighted by atomic mass is 10.1. The number of carbonyl (C=O) groups excluding carboxylic acids is 2. The van der Waals surface area contributed by atoms with Gasteiger partial charge in [0.25, 0.3) is 5.91 Å². The molecule has 7 heteroatoms. The Morgan fingerprint density at radius 3 is 2.64 bits per heavy atom. The fourth-order valence-electron chi connectivity index (χ4n) is 2.57. The molecule has 0 spiro atoms. The molecule has 3 rings (SSSR count). The topological polar surface area (TPSA) is 85.2 Å². The van der Waals surface area contributed by atoms with Crippen molar-refractivity contribution in [3.8, 4) is 0 Å². The molecule has 0 aliphatic rings. The van der Waals surface area contributed by atoms with Crippen LogP contribution in [0.2, 0.25) is 0 Å². The van der Waals surface area contributed by atoms with Crippen LogP contribution in [0, 0.1) is 12.7 Å².